The average molecular weight is 664 g/mol. The molecule has 0 unspecified atom stereocenters. The quantitative estimate of drug-likeness (QED) is 0.249. The van der Waals surface area contributed by atoms with E-state index < -0.39 is 0 Å². The molecular weight excluding hydrogens is 626 g/mol. The Morgan fingerprint density at radius 3 is 2.07 bits per heavy atom. The van der Waals surface area contributed by atoms with Crippen molar-refractivity contribution in [3.8, 4) is 11.1 Å². The molecule has 2 fully saturated rings. The number of halogens is 1. The van der Waals surface area contributed by atoms with Crippen LogP contribution in [-0.4, -0.2) is 67.0 Å². The summed E-state index contributed by atoms with van der Waals surface area (Å²) in [6.07, 6.45) is -0.222. The predicted octanol–water partition coefficient (Wildman–Crippen LogP) is 5.97. The Morgan fingerprint density at radius 2 is 1.49 bits per heavy atom. The number of hydrogen-bond donors (Lipinski definition) is 0. The first-order valence-corrected chi connectivity index (χ1v) is 15.6. The molecule has 3 aliphatic rings. The highest BCUT2D eigenvalue weighted by Crippen LogP contribution is 2.44. The highest BCUT2D eigenvalue weighted by Gasteiger charge is 2.52. The molecule has 0 saturated carbocycles. The van der Waals surface area contributed by atoms with Crippen LogP contribution in [0.4, 0.5) is 4.79 Å². The smallest absolute Gasteiger partial charge is 0.448 e. The van der Waals surface area contributed by atoms with Crippen molar-refractivity contribution in [1.82, 2.24) is 9.80 Å². The zero-order valence-corrected chi connectivity index (χ0v) is 26.7. The number of carbonyl (C=O) groups is 1. The van der Waals surface area contributed by atoms with Crippen LogP contribution >= 0.6 is 22.6 Å². The van der Waals surface area contributed by atoms with Crippen molar-refractivity contribution in [2.45, 2.75) is 58.3 Å². The minimum atomic E-state index is -0.376. The molecule has 3 aromatic rings. The Kier molecular flexibility index (Phi) is 7.72. The second-order valence-electron chi connectivity index (χ2n) is 12.4. The number of nitrogens with zero attached hydrogens (tertiary/aromatic N) is 2. The molecule has 0 radical (unpaired) electrons. The lowest BCUT2D eigenvalue weighted by atomic mass is 9.75. The normalized spacial score (nSPS) is 19.8. The number of piperazine rings is 1. The van der Waals surface area contributed by atoms with E-state index in [0.29, 0.717) is 19.7 Å². The van der Waals surface area contributed by atoms with Crippen molar-refractivity contribution in [2.75, 3.05) is 32.8 Å². The van der Waals surface area contributed by atoms with Gasteiger partial charge in [-0.2, -0.15) is 0 Å². The molecule has 2 heterocycles. The first-order valence-electron chi connectivity index (χ1n) is 14.5. The highest BCUT2D eigenvalue weighted by atomic mass is 127. The Bertz CT molecular complexity index is 1410. The molecule has 1 aliphatic carbocycles. The fourth-order valence-electron chi connectivity index (χ4n) is 6.15. The summed E-state index contributed by atoms with van der Waals surface area (Å²) in [4.78, 5) is 17.4. The molecule has 6 rings (SSSR count). The van der Waals surface area contributed by atoms with Crippen molar-refractivity contribution in [3.63, 3.8) is 0 Å². The number of benzene rings is 3. The van der Waals surface area contributed by atoms with E-state index in [4.69, 9.17) is 14.0 Å². The van der Waals surface area contributed by atoms with Gasteiger partial charge in [0, 0.05) is 42.2 Å². The predicted molar refractivity (Wildman–Crippen MR) is 172 cm³/mol. The van der Waals surface area contributed by atoms with Gasteiger partial charge in [0.2, 0.25) is 0 Å². The molecule has 2 aliphatic heterocycles. The lowest BCUT2D eigenvalue weighted by molar-refractivity contribution is 0.00578. The third-order valence-electron chi connectivity index (χ3n) is 9.39. The molecule has 0 aromatic heterocycles. The molecule has 214 valence electrons. The molecule has 0 bridgehead atoms. The topological polar surface area (TPSA) is 51.2 Å². The Hall–Kier alpha value is -2.40. The molecule has 6 nitrogen and oxygen atoms in total. The summed E-state index contributed by atoms with van der Waals surface area (Å²) >= 11 is 2.38. The van der Waals surface area contributed by atoms with E-state index in [-0.39, 0.29) is 30.3 Å². The van der Waals surface area contributed by atoms with Crippen molar-refractivity contribution < 1.29 is 18.8 Å². The molecule has 0 N–H and O–H groups in total. The molecule has 3 aromatic carbocycles. The van der Waals surface area contributed by atoms with Crippen molar-refractivity contribution in [1.29, 1.82) is 0 Å². The van der Waals surface area contributed by atoms with Gasteiger partial charge in [-0.3, -0.25) is 4.90 Å². The van der Waals surface area contributed by atoms with Crippen LogP contribution in [0.1, 0.15) is 55.9 Å². The van der Waals surface area contributed by atoms with Gasteiger partial charge in [-0.25, -0.2) is 4.79 Å². The Labute approximate surface area is 257 Å². The first-order chi connectivity index (χ1) is 19.5. The maximum atomic E-state index is 13.1. The van der Waals surface area contributed by atoms with E-state index in [1.165, 1.54) is 37.0 Å². The number of rotatable bonds is 5. The molecule has 8 heteroatoms. The molecule has 41 heavy (non-hydrogen) atoms. The maximum absolute atomic E-state index is 13.1. The van der Waals surface area contributed by atoms with Gasteiger partial charge in [-0.15, -0.1) is 0 Å². The summed E-state index contributed by atoms with van der Waals surface area (Å²) in [5.41, 5.74) is 7.79. The number of fused-ring (bicyclic) bond motifs is 3. The summed E-state index contributed by atoms with van der Waals surface area (Å²) < 4.78 is 19.8. The van der Waals surface area contributed by atoms with E-state index in [9.17, 15) is 4.79 Å². The minimum absolute atomic E-state index is 0.0781. The van der Waals surface area contributed by atoms with E-state index in [1.54, 1.807) is 0 Å². The van der Waals surface area contributed by atoms with Gasteiger partial charge in [0.1, 0.15) is 6.61 Å². The second-order valence-corrected chi connectivity index (χ2v) is 13.7. The largest absolute Gasteiger partial charge is 0.495 e. The lowest BCUT2D eigenvalue weighted by Gasteiger charge is -2.34. The van der Waals surface area contributed by atoms with Gasteiger partial charge in [0.05, 0.1) is 11.2 Å². The van der Waals surface area contributed by atoms with E-state index >= 15 is 0 Å². The molecule has 2 saturated heterocycles. The maximum Gasteiger partial charge on any atom is 0.495 e. The van der Waals surface area contributed by atoms with Gasteiger partial charge in [0.15, 0.2) is 0 Å². The van der Waals surface area contributed by atoms with Crippen LogP contribution in [0.3, 0.4) is 0 Å². The summed E-state index contributed by atoms with van der Waals surface area (Å²) in [5, 5.41) is 0. The van der Waals surface area contributed by atoms with Gasteiger partial charge in [-0.05, 0) is 108 Å². The molecular formula is C33H38BIN2O4. The molecule has 1 amide bonds. The summed E-state index contributed by atoms with van der Waals surface area (Å²) in [6, 6.07) is 21.3. The average Bonchev–Trinajstić information content (AvgIpc) is 3.38. The third-order valence-corrected chi connectivity index (χ3v) is 10.0. The Balaban J connectivity index is 1.06. The van der Waals surface area contributed by atoms with Crippen LogP contribution < -0.4 is 5.46 Å². The van der Waals surface area contributed by atoms with Crippen molar-refractivity contribution in [2.24, 2.45) is 0 Å². The first kappa shape index (κ1) is 28.7. The summed E-state index contributed by atoms with van der Waals surface area (Å²) in [6.45, 7) is 14.6. The molecule has 0 spiro atoms. The van der Waals surface area contributed by atoms with Gasteiger partial charge < -0.3 is 18.9 Å². The van der Waals surface area contributed by atoms with Gasteiger partial charge >= 0.3 is 13.2 Å². The summed E-state index contributed by atoms with van der Waals surface area (Å²) in [5.74, 6) is 0.0781. The number of ether oxygens (including phenoxy) is 1. The number of amides is 1. The lowest BCUT2D eigenvalue weighted by Crippen LogP contribution is -2.48. The zero-order chi connectivity index (χ0) is 28.9. The van der Waals surface area contributed by atoms with E-state index in [1.807, 2.05) is 4.90 Å². The van der Waals surface area contributed by atoms with Crippen LogP contribution in [0.15, 0.2) is 60.7 Å². The second kappa shape index (κ2) is 11.0. The van der Waals surface area contributed by atoms with Crippen molar-refractivity contribution >= 4 is 41.3 Å². The van der Waals surface area contributed by atoms with Crippen molar-refractivity contribution in [3.05, 3.63) is 86.5 Å². The van der Waals surface area contributed by atoms with Crippen LogP contribution in [0.2, 0.25) is 0 Å². The molecule has 0 atom stereocenters. The van der Waals surface area contributed by atoms with Crippen LogP contribution in [0.25, 0.3) is 11.1 Å². The third kappa shape index (κ3) is 5.44. The van der Waals surface area contributed by atoms with Crippen LogP contribution in [0, 0.1) is 10.5 Å². The van der Waals surface area contributed by atoms with Crippen LogP contribution in [-0.2, 0) is 20.6 Å². The van der Waals surface area contributed by atoms with Gasteiger partial charge in [-0.1, -0.05) is 48.5 Å². The van der Waals surface area contributed by atoms with E-state index in [2.05, 4.69) is 123 Å². The standard InChI is InChI=1S/C33H38BIN2O4/c1-22-23(18-24(35)19-30(22)34-40-32(2,3)33(4,5)41-34)20-36-14-16-37(17-15-36)31(38)39-21-29-27-12-8-6-10-25(27)26-11-7-9-13-28(26)29/h6-13,18-19,29H,14-17,20-21H2,1-5H3. The minimum Gasteiger partial charge on any atom is -0.448 e. The monoisotopic (exact) mass is 664 g/mol. The number of hydrogen-bond acceptors (Lipinski definition) is 5. The summed E-state index contributed by atoms with van der Waals surface area (Å²) in [7, 11) is -0.376. The van der Waals surface area contributed by atoms with Gasteiger partial charge in [0.25, 0.3) is 0 Å². The van der Waals surface area contributed by atoms with E-state index in [0.717, 1.165) is 25.1 Å². The fraction of sp³-hybridized carbons (Fsp3) is 0.424. The number of carbonyl (C=O) groups excluding carboxylic acids is 1. The zero-order valence-electron chi connectivity index (χ0n) is 24.6. The fourth-order valence-corrected chi connectivity index (χ4v) is 6.86. The SMILES string of the molecule is Cc1c(CN2CCN(C(=O)OCC3c4ccccc4-c4ccccc43)CC2)cc(I)cc1B1OC(C)(C)C(C)(C)O1. The Morgan fingerprint density at radius 1 is 0.927 bits per heavy atom. The van der Waals surface area contributed by atoms with Crippen LogP contribution in [0.5, 0.6) is 0 Å². The highest BCUT2D eigenvalue weighted by molar-refractivity contribution is 14.1.